The average Bonchev–Trinajstić information content (AvgIpc) is 2.60. The number of primary amides is 2. The van der Waals surface area contributed by atoms with Crippen LogP contribution in [0.2, 0.25) is 0 Å². The molecule has 2 aromatic rings. The Balaban J connectivity index is 2.32. The molecule has 128 valence electrons. The van der Waals surface area contributed by atoms with Crippen LogP contribution >= 0.6 is 0 Å². The Bertz CT molecular complexity index is 828. The standard InChI is InChI=1S/C15H16N8O2/c1-3-10(12(16)24)20-15-21-14(11(13(17)25)22-23-15)19-9-6-4-8(18-2)5-7-9/h4-7,10H,3H2,1H3,(H2,16,24)(H2,17,25)(H2,19,20,21,23)/t10-/m1/s1. The van der Waals surface area contributed by atoms with Crippen LogP contribution in [0.1, 0.15) is 23.8 Å². The summed E-state index contributed by atoms with van der Waals surface area (Å²) in [5, 5.41) is 13.1. The first-order valence-corrected chi connectivity index (χ1v) is 7.29. The second-order valence-corrected chi connectivity index (χ2v) is 4.99. The molecule has 0 aliphatic carbocycles. The maximum absolute atomic E-state index is 11.5. The van der Waals surface area contributed by atoms with Gasteiger partial charge in [-0.25, -0.2) is 4.85 Å². The van der Waals surface area contributed by atoms with Gasteiger partial charge in [-0.15, -0.1) is 10.2 Å². The quantitative estimate of drug-likeness (QED) is 0.547. The minimum atomic E-state index is -0.811. The van der Waals surface area contributed by atoms with Crippen LogP contribution in [0.3, 0.4) is 0 Å². The summed E-state index contributed by atoms with van der Waals surface area (Å²) in [7, 11) is 0. The lowest BCUT2D eigenvalue weighted by Gasteiger charge is -2.14. The number of nitrogens with one attached hydrogen (secondary N) is 2. The highest BCUT2D eigenvalue weighted by atomic mass is 16.1. The summed E-state index contributed by atoms with van der Waals surface area (Å²) in [4.78, 5) is 30.3. The number of rotatable bonds is 7. The molecule has 0 saturated carbocycles. The number of benzene rings is 1. The molecular weight excluding hydrogens is 324 g/mol. The van der Waals surface area contributed by atoms with Crippen LogP contribution in [-0.4, -0.2) is 33.0 Å². The summed E-state index contributed by atoms with van der Waals surface area (Å²) in [6.45, 7) is 8.71. The van der Waals surface area contributed by atoms with Crippen molar-refractivity contribution < 1.29 is 9.59 Å². The maximum atomic E-state index is 11.5. The number of nitrogens with two attached hydrogens (primary N) is 2. The normalized spacial score (nSPS) is 11.2. The van der Waals surface area contributed by atoms with E-state index in [1.807, 2.05) is 0 Å². The molecule has 10 heteroatoms. The topological polar surface area (TPSA) is 153 Å². The second-order valence-electron chi connectivity index (χ2n) is 4.99. The van der Waals surface area contributed by atoms with E-state index in [-0.39, 0.29) is 17.5 Å². The van der Waals surface area contributed by atoms with Crippen LogP contribution in [-0.2, 0) is 4.79 Å². The van der Waals surface area contributed by atoms with E-state index in [1.54, 1.807) is 31.2 Å². The van der Waals surface area contributed by atoms with Gasteiger partial charge in [0, 0.05) is 5.69 Å². The minimum Gasteiger partial charge on any atom is -0.368 e. The van der Waals surface area contributed by atoms with Gasteiger partial charge in [-0.1, -0.05) is 19.1 Å². The highest BCUT2D eigenvalue weighted by Gasteiger charge is 2.18. The Morgan fingerprint density at radius 3 is 2.44 bits per heavy atom. The fourth-order valence-electron chi connectivity index (χ4n) is 1.93. The molecule has 0 spiro atoms. The molecule has 0 bridgehead atoms. The van der Waals surface area contributed by atoms with Gasteiger partial charge in [0.2, 0.25) is 11.9 Å². The van der Waals surface area contributed by atoms with Gasteiger partial charge in [0.15, 0.2) is 17.2 Å². The number of aromatic nitrogens is 3. The molecule has 1 atom stereocenters. The molecule has 25 heavy (non-hydrogen) atoms. The van der Waals surface area contributed by atoms with Gasteiger partial charge in [-0.05, 0) is 18.6 Å². The number of hydrogen-bond donors (Lipinski definition) is 4. The van der Waals surface area contributed by atoms with E-state index < -0.39 is 17.9 Å². The van der Waals surface area contributed by atoms with Crippen molar-refractivity contribution in [3.05, 3.63) is 41.4 Å². The van der Waals surface area contributed by atoms with Gasteiger partial charge in [0.05, 0.1) is 6.57 Å². The zero-order chi connectivity index (χ0) is 18.4. The Labute approximate surface area is 143 Å². The molecule has 6 N–H and O–H groups in total. The Morgan fingerprint density at radius 2 is 1.92 bits per heavy atom. The lowest BCUT2D eigenvalue weighted by atomic mass is 10.2. The van der Waals surface area contributed by atoms with E-state index in [2.05, 4.69) is 30.7 Å². The van der Waals surface area contributed by atoms with Crippen molar-refractivity contribution in [2.75, 3.05) is 10.6 Å². The fourth-order valence-corrected chi connectivity index (χ4v) is 1.93. The zero-order valence-electron chi connectivity index (χ0n) is 13.4. The molecule has 10 nitrogen and oxygen atoms in total. The van der Waals surface area contributed by atoms with Gasteiger partial charge in [0.25, 0.3) is 5.91 Å². The lowest BCUT2D eigenvalue weighted by Crippen LogP contribution is -2.35. The number of carbonyl (C=O) groups excluding carboxylic acids is 2. The van der Waals surface area contributed by atoms with E-state index in [9.17, 15) is 9.59 Å². The fraction of sp³-hybridized carbons (Fsp3) is 0.200. The first-order chi connectivity index (χ1) is 11.9. The van der Waals surface area contributed by atoms with E-state index in [0.29, 0.717) is 17.8 Å². The summed E-state index contributed by atoms with van der Waals surface area (Å²) in [6, 6.07) is 5.82. The summed E-state index contributed by atoms with van der Waals surface area (Å²) in [5.74, 6) is -1.28. The van der Waals surface area contributed by atoms with Crippen LogP contribution in [0.25, 0.3) is 4.85 Å². The third-order valence-electron chi connectivity index (χ3n) is 3.23. The van der Waals surface area contributed by atoms with Crippen LogP contribution in [0.15, 0.2) is 24.3 Å². The summed E-state index contributed by atoms with van der Waals surface area (Å²) in [6.07, 6.45) is 0.428. The molecular formula is C15H16N8O2. The smallest absolute Gasteiger partial charge is 0.273 e. The third-order valence-corrected chi connectivity index (χ3v) is 3.23. The van der Waals surface area contributed by atoms with Crippen molar-refractivity contribution in [3.63, 3.8) is 0 Å². The first kappa shape index (κ1) is 17.6. The molecule has 2 amide bonds. The summed E-state index contributed by atoms with van der Waals surface area (Å²) >= 11 is 0. The van der Waals surface area contributed by atoms with Crippen LogP contribution in [0.5, 0.6) is 0 Å². The molecule has 0 saturated heterocycles. The SMILES string of the molecule is [C-]#[N+]c1ccc(Nc2nc(N[C@H](CC)C(N)=O)nnc2C(N)=O)cc1. The number of amides is 2. The molecule has 0 aliphatic heterocycles. The zero-order valence-corrected chi connectivity index (χ0v) is 13.4. The van der Waals surface area contributed by atoms with Crippen molar-refractivity contribution in [1.29, 1.82) is 0 Å². The molecule has 0 radical (unpaired) electrons. The van der Waals surface area contributed by atoms with Crippen LogP contribution in [0.4, 0.5) is 23.1 Å². The summed E-state index contributed by atoms with van der Waals surface area (Å²) in [5.41, 5.74) is 11.4. The van der Waals surface area contributed by atoms with Gasteiger partial charge in [-0.3, -0.25) is 9.59 Å². The van der Waals surface area contributed by atoms with Gasteiger partial charge < -0.3 is 22.1 Å². The van der Waals surface area contributed by atoms with Crippen LogP contribution < -0.4 is 22.1 Å². The van der Waals surface area contributed by atoms with E-state index in [0.717, 1.165) is 0 Å². The maximum Gasteiger partial charge on any atom is 0.273 e. The van der Waals surface area contributed by atoms with E-state index in [4.69, 9.17) is 18.0 Å². The van der Waals surface area contributed by atoms with Crippen molar-refractivity contribution in [2.45, 2.75) is 19.4 Å². The van der Waals surface area contributed by atoms with E-state index in [1.165, 1.54) is 0 Å². The monoisotopic (exact) mass is 340 g/mol. The molecule has 0 fully saturated rings. The largest absolute Gasteiger partial charge is 0.368 e. The van der Waals surface area contributed by atoms with Gasteiger partial charge in [-0.2, -0.15) is 4.98 Å². The molecule has 1 aromatic heterocycles. The van der Waals surface area contributed by atoms with Gasteiger partial charge >= 0.3 is 0 Å². The third kappa shape index (κ3) is 4.38. The lowest BCUT2D eigenvalue weighted by molar-refractivity contribution is -0.118. The predicted octanol–water partition coefficient (Wildman–Crippen LogP) is 0.941. The number of hydrogen-bond acceptors (Lipinski definition) is 7. The van der Waals surface area contributed by atoms with Gasteiger partial charge in [0.1, 0.15) is 6.04 Å². The number of nitrogens with zero attached hydrogens (tertiary/aromatic N) is 4. The molecule has 0 aliphatic rings. The summed E-state index contributed by atoms with van der Waals surface area (Å²) < 4.78 is 0. The Morgan fingerprint density at radius 1 is 1.24 bits per heavy atom. The second kappa shape index (κ2) is 7.69. The molecule has 1 heterocycles. The van der Waals surface area contributed by atoms with Crippen molar-refractivity contribution in [1.82, 2.24) is 15.2 Å². The highest BCUT2D eigenvalue weighted by Crippen LogP contribution is 2.21. The number of anilines is 3. The number of carbonyl (C=O) groups is 2. The molecule has 1 aromatic carbocycles. The highest BCUT2D eigenvalue weighted by molar-refractivity contribution is 5.96. The first-order valence-electron chi connectivity index (χ1n) is 7.29. The van der Waals surface area contributed by atoms with E-state index >= 15 is 0 Å². The minimum absolute atomic E-state index is 0.0240. The van der Waals surface area contributed by atoms with Crippen LogP contribution in [0, 0.1) is 6.57 Å². The molecule has 0 unspecified atom stereocenters. The Kier molecular flexibility index (Phi) is 5.42. The molecule has 2 rings (SSSR count). The predicted molar refractivity (Wildman–Crippen MR) is 91.2 cm³/mol. The Hall–Kier alpha value is -3.74. The van der Waals surface area contributed by atoms with Crippen molar-refractivity contribution in [3.8, 4) is 0 Å². The average molecular weight is 340 g/mol. The van der Waals surface area contributed by atoms with Crippen molar-refractivity contribution in [2.24, 2.45) is 11.5 Å². The van der Waals surface area contributed by atoms with Crippen molar-refractivity contribution >= 4 is 35.0 Å².